The standard InChI is InChI=1S/C29H37N3O5/c1-35-25-10-4-2-8-22(25)24-20-32(21-29(24)13-7-6-12-27(33)30-29)28(34)23-9-3-5-11-26(23)37-19-16-31-14-17-36-18-15-31/h2-5,8-11,24H,6-7,12-21H2,1H3,(H,30,33)/t24-,29+/m0/s1. The number of carbonyl (C=O) groups is 2. The van der Waals surface area contributed by atoms with Gasteiger partial charge in [-0.15, -0.1) is 0 Å². The van der Waals surface area contributed by atoms with Gasteiger partial charge in [0, 0.05) is 50.6 Å². The van der Waals surface area contributed by atoms with Gasteiger partial charge >= 0.3 is 0 Å². The van der Waals surface area contributed by atoms with E-state index in [0.29, 0.717) is 37.4 Å². The van der Waals surface area contributed by atoms with E-state index < -0.39 is 5.54 Å². The predicted molar refractivity (Wildman–Crippen MR) is 140 cm³/mol. The van der Waals surface area contributed by atoms with Crippen molar-refractivity contribution in [2.45, 2.75) is 37.1 Å². The van der Waals surface area contributed by atoms with Crippen LogP contribution in [0.3, 0.4) is 0 Å². The Morgan fingerprint density at radius 1 is 1.08 bits per heavy atom. The summed E-state index contributed by atoms with van der Waals surface area (Å²) in [5, 5.41) is 3.34. The molecule has 1 N–H and O–H groups in total. The Balaban J connectivity index is 1.38. The lowest BCUT2D eigenvalue weighted by molar-refractivity contribution is -0.122. The summed E-state index contributed by atoms with van der Waals surface area (Å²) in [6, 6.07) is 15.4. The van der Waals surface area contributed by atoms with Crippen LogP contribution in [-0.2, 0) is 9.53 Å². The Kier molecular flexibility index (Phi) is 7.96. The molecule has 2 amide bonds. The monoisotopic (exact) mass is 507 g/mol. The molecule has 198 valence electrons. The highest BCUT2D eigenvalue weighted by atomic mass is 16.5. The minimum atomic E-state index is -0.524. The molecule has 3 aliphatic heterocycles. The SMILES string of the molecule is COc1ccccc1[C@@H]1CN(C(=O)c2ccccc2OCCN2CCOCC2)C[C@]12CCCCC(=O)N2. The average molecular weight is 508 g/mol. The van der Waals surface area contributed by atoms with Gasteiger partial charge in [0.1, 0.15) is 18.1 Å². The van der Waals surface area contributed by atoms with Gasteiger partial charge in [-0.05, 0) is 31.0 Å². The third kappa shape index (κ3) is 5.60. The number of nitrogens with one attached hydrogen (secondary N) is 1. The van der Waals surface area contributed by atoms with Crippen molar-refractivity contribution in [3.8, 4) is 11.5 Å². The smallest absolute Gasteiger partial charge is 0.257 e. The largest absolute Gasteiger partial charge is 0.496 e. The molecular weight excluding hydrogens is 470 g/mol. The average Bonchev–Trinajstić information content (AvgIpc) is 3.19. The lowest BCUT2D eigenvalue weighted by Gasteiger charge is -2.35. The number of likely N-dealkylation sites (tertiary alicyclic amines) is 1. The van der Waals surface area contributed by atoms with Crippen LogP contribution >= 0.6 is 0 Å². The quantitative estimate of drug-likeness (QED) is 0.621. The first kappa shape index (κ1) is 25.5. The summed E-state index contributed by atoms with van der Waals surface area (Å²) in [5.74, 6) is 1.30. The number of ether oxygens (including phenoxy) is 3. The van der Waals surface area contributed by atoms with E-state index in [9.17, 15) is 9.59 Å². The number of rotatable bonds is 7. The van der Waals surface area contributed by atoms with E-state index in [2.05, 4.69) is 16.3 Å². The van der Waals surface area contributed by atoms with Crippen LogP contribution in [0.5, 0.6) is 11.5 Å². The lowest BCUT2D eigenvalue weighted by Crippen LogP contribution is -2.52. The van der Waals surface area contributed by atoms with Crippen LogP contribution < -0.4 is 14.8 Å². The highest BCUT2D eigenvalue weighted by Crippen LogP contribution is 2.44. The Morgan fingerprint density at radius 3 is 2.65 bits per heavy atom. The number of nitrogens with zero attached hydrogens (tertiary/aromatic N) is 2. The van der Waals surface area contributed by atoms with E-state index in [1.165, 1.54) is 0 Å². The second kappa shape index (κ2) is 11.5. The van der Waals surface area contributed by atoms with Gasteiger partial charge in [-0.25, -0.2) is 0 Å². The van der Waals surface area contributed by atoms with Crippen LogP contribution in [0.1, 0.15) is 47.5 Å². The van der Waals surface area contributed by atoms with E-state index in [1.54, 1.807) is 7.11 Å². The van der Waals surface area contributed by atoms with Gasteiger partial charge in [0.25, 0.3) is 5.91 Å². The van der Waals surface area contributed by atoms with Crippen molar-refractivity contribution in [2.24, 2.45) is 0 Å². The minimum absolute atomic E-state index is 0.0542. The van der Waals surface area contributed by atoms with Crippen molar-refractivity contribution < 1.29 is 23.8 Å². The lowest BCUT2D eigenvalue weighted by atomic mass is 9.78. The molecular formula is C29H37N3O5. The van der Waals surface area contributed by atoms with E-state index in [4.69, 9.17) is 14.2 Å². The van der Waals surface area contributed by atoms with Gasteiger partial charge in [-0.2, -0.15) is 0 Å². The van der Waals surface area contributed by atoms with Crippen LogP contribution in [0.2, 0.25) is 0 Å². The van der Waals surface area contributed by atoms with Crippen LogP contribution in [0, 0.1) is 0 Å². The summed E-state index contributed by atoms with van der Waals surface area (Å²) in [6.07, 6.45) is 3.14. The topological polar surface area (TPSA) is 80.3 Å². The second-order valence-corrected chi connectivity index (χ2v) is 10.2. The Labute approximate surface area is 218 Å². The maximum Gasteiger partial charge on any atom is 0.257 e. The fourth-order valence-electron chi connectivity index (χ4n) is 5.97. The third-order valence-corrected chi connectivity index (χ3v) is 7.90. The predicted octanol–water partition coefficient (Wildman–Crippen LogP) is 3.07. The van der Waals surface area contributed by atoms with Crippen LogP contribution in [0.25, 0.3) is 0 Å². The number of para-hydroxylation sites is 2. The Morgan fingerprint density at radius 2 is 1.84 bits per heavy atom. The Hall–Kier alpha value is -3.10. The summed E-state index contributed by atoms with van der Waals surface area (Å²) in [6.45, 7) is 5.55. The summed E-state index contributed by atoms with van der Waals surface area (Å²) in [5.41, 5.74) is 1.06. The zero-order valence-electron chi connectivity index (χ0n) is 21.6. The molecule has 3 aliphatic rings. The highest BCUT2D eigenvalue weighted by molar-refractivity contribution is 5.97. The number of hydrogen-bond donors (Lipinski definition) is 1. The molecule has 0 aliphatic carbocycles. The fraction of sp³-hybridized carbons (Fsp3) is 0.517. The first-order valence-electron chi connectivity index (χ1n) is 13.3. The first-order valence-corrected chi connectivity index (χ1v) is 13.3. The van der Waals surface area contributed by atoms with E-state index in [-0.39, 0.29) is 17.7 Å². The zero-order chi connectivity index (χ0) is 25.7. The number of methoxy groups -OCH3 is 1. The van der Waals surface area contributed by atoms with Gasteiger partial charge in [-0.3, -0.25) is 14.5 Å². The number of amides is 2. The van der Waals surface area contributed by atoms with Gasteiger partial charge in [0.2, 0.25) is 5.91 Å². The molecule has 8 heteroatoms. The molecule has 0 saturated carbocycles. The molecule has 0 aromatic heterocycles. The number of hydrogen-bond acceptors (Lipinski definition) is 6. The number of benzene rings is 2. The molecule has 1 spiro atoms. The third-order valence-electron chi connectivity index (χ3n) is 7.90. The maximum atomic E-state index is 13.9. The van der Waals surface area contributed by atoms with Gasteiger partial charge in [0.15, 0.2) is 0 Å². The van der Waals surface area contributed by atoms with Crippen LogP contribution in [0.15, 0.2) is 48.5 Å². The van der Waals surface area contributed by atoms with Gasteiger partial charge < -0.3 is 24.4 Å². The highest BCUT2D eigenvalue weighted by Gasteiger charge is 2.51. The summed E-state index contributed by atoms with van der Waals surface area (Å²) >= 11 is 0. The zero-order valence-corrected chi connectivity index (χ0v) is 21.6. The van der Waals surface area contributed by atoms with Crippen molar-refractivity contribution in [3.05, 3.63) is 59.7 Å². The second-order valence-electron chi connectivity index (χ2n) is 10.2. The van der Waals surface area contributed by atoms with Gasteiger partial charge in [0.05, 0.1) is 31.4 Å². The van der Waals surface area contributed by atoms with E-state index >= 15 is 0 Å². The van der Waals surface area contributed by atoms with Crippen molar-refractivity contribution in [1.29, 1.82) is 0 Å². The summed E-state index contributed by atoms with van der Waals surface area (Å²) in [7, 11) is 1.67. The van der Waals surface area contributed by atoms with E-state index in [1.807, 2.05) is 47.4 Å². The number of carbonyl (C=O) groups excluding carboxylic acids is 2. The molecule has 0 unspecified atom stereocenters. The van der Waals surface area contributed by atoms with Crippen molar-refractivity contribution in [2.75, 3.05) is 59.7 Å². The molecule has 2 aromatic rings. The van der Waals surface area contributed by atoms with Crippen LogP contribution in [0.4, 0.5) is 0 Å². The summed E-state index contributed by atoms with van der Waals surface area (Å²) < 4.78 is 17.2. The van der Waals surface area contributed by atoms with Crippen LogP contribution in [-0.4, -0.2) is 86.8 Å². The molecule has 5 rings (SSSR count). The molecule has 0 radical (unpaired) electrons. The maximum absolute atomic E-state index is 13.9. The number of morpholine rings is 1. The normalized spacial score (nSPS) is 24.5. The fourth-order valence-corrected chi connectivity index (χ4v) is 5.97. The molecule has 0 bridgehead atoms. The Bertz CT molecular complexity index is 1100. The van der Waals surface area contributed by atoms with Gasteiger partial charge in [-0.1, -0.05) is 36.8 Å². The molecule has 3 fully saturated rings. The van der Waals surface area contributed by atoms with Crippen molar-refractivity contribution >= 4 is 11.8 Å². The molecule has 8 nitrogen and oxygen atoms in total. The minimum Gasteiger partial charge on any atom is -0.496 e. The summed E-state index contributed by atoms with van der Waals surface area (Å²) in [4.78, 5) is 30.9. The molecule has 2 atom stereocenters. The van der Waals surface area contributed by atoms with Crippen molar-refractivity contribution in [3.63, 3.8) is 0 Å². The first-order chi connectivity index (χ1) is 18.1. The van der Waals surface area contributed by atoms with Crippen molar-refractivity contribution in [1.82, 2.24) is 15.1 Å². The van der Waals surface area contributed by atoms with E-state index in [0.717, 1.165) is 63.4 Å². The molecule has 37 heavy (non-hydrogen) atoms. The molecule has 2 aromatic carbocycles. The molecule has 3 heterocycles. The molecule has 3 saturated heterocycles.